The van der Waals surface area contributed by atoms with E-state index in [4.69, 9.17) is 4.55 Å². The molecule has 2 bridgehead atoms. The minimum Gasteiger partial charge on any atom is -0.371 e. The minimum absolute atomic E-state index is 0.0152. The number of anilines is 1. The third kappa shape index (κ3) is 4.85. The van der Waals surface area contributed by atoms with E-state index in [0.29, 0.717) is 36.8 Å². The average Bonchev–Trinajstić information content (AvgIpc) is 3.42. The number of fused-ring (bicyclic) bond motifs is 3. The molecule has 1 spiro atoms. The largest absolute Gasteiger partial charge is 0.371 e. The van der Waals surface area contributed by atoms with Crippen LogP contribution >= 0.6 is 0 Å². The molecule has 6 aliphatic rings. The molecule has 2 saturated carbocycles. The Bertz CT molecular complexity index is 1440. The summed E-state index contributed by atoms with van der Waals surface area (Å²) in [6.45, 7) is 8.70. The second-order valence-electron chi connectivity index (χ2n) is 13.7. The van der Waals surface area contributed by atoms with Crippen LogP contribution in [0.5, 0.6) is 0 Å². The first-order valence-corrected chi connectivity index (χ1v) is 16.6. The molecule has 12 heteroatoms. The van der Waals surface area contributed by atoms with E-state index >= 15 is 0 Å². The number of carbonyl (C=O) groups excluding carboxylic acids is 4. The fourth-order valence-corrected chi connectivity index (χ4v) is 9.55. The quantitative estimate of drug-likeness (QED) is 0.347. The smallest absolute Gasteiger partial charge is 0.265 e. The van der Waals surface area contributed by atoms with Gasteiger partial charge in [0.1, 0.15) is 11.8 Å². The Morgan fingerprint density at radius 1 is 1.02 bits per heavy atom. The lowest BCUT2D eigenvalue weighted by atomic mass is 9.70. The van der Waals surface area contributed by atoms with E-state index in [1.807, 2.05) is 26.0 Å². The molecule has 2 unspecified atom stereocenters. The average molecular weight is 601 g/mol. The van der Waals surface area contributed by atoms with Crippen molar-refractivity contribution in [3.05, 3.63) is 29.3 Å². The van der Waals surface area contributed by atoms with Crippen LogP contribution in [0.1, 0.15) is 74.7 Å². The monoisotopic (exact) mass is 600 g/mol. The summed E-state index contributed by atoms with van der Waals surface area (Å²) in [6.07, 6.45) is 5.07. The summed E-state index contributed by atoms with van der Waals surface area (Å²) in [7, 11) is -4.08. The molecule has 3 N–H and O–H groups in total. The lowest BCUT2D eigenvalue weighted by molar-refractivity contribution is -0.137. The maximum absolute atomic E-state index is 12.8. The van der Waals surface area contributed by atoms with E-state index < -0.39 is 27.3 Å². The van der Waals surface area contributed by atoms with Gasteiger partial charge in [-0.2, -0.15) is 8.42 Å². The third-order valence-corrected chi connectivity index (χ3v) is 12.1. The van der Waals surface area contributed by atoms with Crippen molar-refractivity contribution in [3.8, 4) is 0 Å². The number of Topliss-reactive ketones (excluding diaryl/α,β-unsaturated/α-hetero) is 1. The van der Waals surface area contributed by atoms with Crippen molar-refractivity contribution in [2.75, 3.05) is 36.8 Å². The Labute approximate surface area is 246 Å². The lowest BCUT2D eigenvalue weighted by Gasteiger charge is -2.49. The number of hydrogen-bond donors (Lipinski definition) is 3. The summed E-state index contributed by atoms with van der Waals surface area (Å²) in [5, 5.41) is 5.74. The number of amides is 3. The highest BCUT2D eigenvalue weighted by Crippen LogP contribution is 2.64. The molecule has 4 aliphatic heterocycles. The SMILES string of the molecule is CC1(C)C2CCC1(CS(=O)(=O)O)C(=O)C2.O=C1CC[C@H](N2Cc3cc(N4CCC5(CC4)CNC5)ccc3C2=O)C(=O)N1. The van der Waals surface area contributed by atoms with Gasteiger partial charge < -0.3 is 15.1 Å². The molecule has 0 aromatic heterocycles. The summed E-state index contributed by atoms with van der Waals surface area (Å²) < 4.78 is 31.0. The molecule has 1 aromatic rings. The maximum Gasteiger partial charge on any atom is 0.265 e. The zero-order chi connectivity index (χ0) is 30.1. The highest BCUT2D eigenvalue weighted by Gasteiger charge is 2.65. The first kappa shape index (κ1) is 29.3. The summed E-state index contributed by atoms with van der Waals surface area (Å²) in [6, 6.07) is 5.48. The molecular weight excluding hydrogens is 560 g/mol. The predicted octanol–water partition coefficient (Wildman–Crippen LogP) is 1.91. The van der Waals surface area contributed by atoms with Gasteiger partial charge in [0.05, 0.1) is 11.2 Å². The molecule has 1 aromatic carbocycles. The number of piperidine rings is 2. The van der Waals surface area contributed by atoms with Crippen molar-refractivity contribution in [1.29, 1.82) is 0 Å². The molecular formula is C30H40N4O7S. The number of hydrogen-bond acceptors (Lipinski definition) is 8. The summed E-state index contributed by atoms with van der Waals surface area (Å²) >= 11 is 0. The van der Waals surface area contributed by atoms with Crippen LogP contribution in [0.25, 0.3) is 0 Å². The van der Waals surface area contributed by atoms with Crippen molar-refractivity contribution in [1.82, 2.24) is 15.5 Å². The predicted molar refractivity (Wildman–Crippen MR) is 154 cm³/mol. The van der Waals surface area contributed by atoms with Gasteiger partial charge in [0.15, 0.2) is 0 Å². The Balaban J connectivity index is 0.000000179. The molecule has 5 fully saturated rings. The highest BCUT2D eigenvalue weighted by atomic mass is 32.2. The third-order valence-electron chi connectivity index (χ3n) is 11.3. The van der Waals surface area contributed by atoms with E-state index in [1.54, 1.807) is 4.90 Å². The molecule has 7 rings (SSSR count). The minimum atomic E-state index is -4.08. The fraction of sp³-hybridized carbons (Fsp3) is 0.667. The summed E-state index contributed by atoms with van der Waals surface area (Å²) in [4.78, 5) is 52.2. The molecule has 0 radical (unpaired) electrons. The number of rotatable bonds is 4. The normalized spacial score (nSPS) is 31.0. The molecule has 3 atom stereocenters. The van der Waals surface area contributed by atoms with Crippen molar-refractivity contribution in [3.63, 3.8) is 0 Å². The van der Waals surface area contributed by atoms with Gasteiger partial charge >= 0.3 is 0 Å². The van der Waals surface area contributed by atoms with Crippen LogP contribution in [0.2, 0.25) is 0 Å². The van der Waals surface area contributed by atoms with E-state index in [9.17, 15) is 27.6 Å². The zero-order valence-electron chi connectivity index (χ0n) is 24.3. The number of imide groups is 1. The molecule has 3 saturated heterocycles. The molecule has 4 heterocycles. The Hall–Kier alpha value is -2.83. The van der Waals surface area contributed by atoms with Crippen molar-refractivity contribution >= 4 is 39.3 Å². The van der Waals surface area contributed by atoms with Crippen LogP contribution < -0.4 is 15.5 Å². The molecule has 2 aliphatic carbocycles. The van der Waals surface area contributed by atoms with Crippen LogP contribution in [0.15, 0.2) is 18.2 Å². The molecule has 228 valence electrons. The van der Waals surface area contributed by atoms with Gasteiger partial charge in [-0.1, -0.05) is 13.8 Å². The highest BCUT2D eigenvalue weighted by molar-refractivity contribution is 7.85. The van der Waals surface area contributed by atoms with E-state index in [0.717, 1.165) is 43.9 Å². The molecule has 11 nitrogen and oxygen atoms in total. The van der Waals surface area contributed by atoms with Gasteiger partial charge in [-0.15, -0.1) is 0 Å². The lowest BCUT2D eigenvalue weighted by Crippen LogP contribution is -2.58. The van der Waals surface area contributed by atoms with Crippen molar-refractivity contribution in [2.24, 2.45) is 22.2 Å². The van der Waals surface area contributed by atoms with Gasteiger partial charge in [0, 0.05) is 56.8 Å². The first-order chi connectivity index (χ1) is 19.7. The second kappa shape index (κ2) is 10.1. The Morgan fingerprint density at radius 2 is 1.74 bits per heavy atom. The number of benzene rings is 1. The van der Waals surface area contributed by atoms with Gasteiger partial charge in [0.25, 0.3) is 16.0 Å². The van der Waals surface area contributed by atoms with Crippen LogP contribution in [0, 0.1) is 22.2 Å². The number of nitrogens with zero attached hydrogens (tertiary/aromatic N) is 2. The van der Waals surface area contributed by atoms with Gasteiger partial charge in [0.2, 0.25) is 11.8 Å². The standard InChI is InChI=1S/C20H24N4O3.C10H16O4S/c25-17-4-3-16(18(26)22-17)24-10-13-9-14(1-2-15(13)19(24)27)23-7-5-20(6-8-23)11-21-12-20;1-9(2)7-3-4-10(9,8(11)5-7)6-15(12,13)14/h1-2,9,16,21H,3-8,10-12H2,(H,22,25,26);7H,3-6H2,1-2H3,(H,12,13,14)/t16-;/m0./s1. The Morgan fingerprint density at radius 3 is 2.29 bits per heavy atom. The van der Waals surface area contributed by atoms with Crippen LogP contribution in [0.3, 0.4) is 0 Å². The molecule has 3 amide bonds. The van der Waals surface area contributed by atoms with Crippen molar-refractivity contribution < 1.29 is 32.1 Å². The number of ketones is 1. The van der Waals surface area contributed by atoms with Crippen LogP contribution in [-0.4, -0.2) is 79.3 Å². The summed E-state index contributed by atoms with van der Waals surface area (Å²) in [5.41, 5.74) is 2.21. The van der Waals surface area contributed by atoms with Gasteiger partial charge in [-0.3, -0.25) is 29.0 Å². The summed E-state index contributed by atoms with van der Waals surface area (Å²) in [5.74, 6) is -0.824. The molecule has 42 heavy (non-hydrogen) atoms. The Kier molecular flexibility index (Phi) is 7.05. The van der Waals surface area contributed by atoms with Gasteiger partial charge in [-0.05, 0) is 72.6 Å². The number of carbonyl (C=O) groups is 4. The second-order valence-corrected chi connectivity index (χ2v) is 15.2. The van der Waals surface area contributed by atoms with E-state index in [2.05, 4.69) is 21.6 Å². The number of nitrogens with one attached hydrogen (secondary N) is 2. The van der Waals surface area contributed by atoms with Crippen LogP contribution in [0.4, 0.5) is 5.69 Å². The van der Waals surface area contributed by atoms with E-state index in [-0.39, 0.29) is 41.3 Å². The first-order valence-electron chi connectivity index (χ1n) is 15.0. The fourth-order valence-electron chi connectivity index (χ4n) is 8.25. The topological polar surface area (TPSA) is 153 Å². The maximum atomic E-state index is 12.8. The van der Waals surface area contributed by atoms with E-state index in [1.165, 1.54) is 12.8 Å². The van der Waals surface area contributed by atoms with Crippen molar-refractivity contribution in [2.45, 2.75) is 71.4 Å². The van der Waals surface area contributed by atoms with Crippen LogP contribution in [-0.2, 0) is 31.0 Å². The zero-order valence-corrected chi connectivity index (χ0v) is 25.1. The van der Waals surface area contributed by atoms with Gasteiger partial charge in [-0.25, -0.2) is 0 Å².